The molecular weight excluding hydrogens is 689 g/mol. The number of halogens is 3. The van der Waals surface area contributed by atoms with E-state index in [1.165, 1.54) is 12.1 Å². The van der Waals surface area contributed by atoms with Crippen LogP contribution in [0.15, 0.2) is 84.9 Å². The van der Waals surface area contributed by atoms with Crippen molar-refractivity contribution in [2.45, 2.75) is 75.5 Å². The third-order valence-corrected chi connectivity index (χ3v) is 11.7. The van der Waals surface area contributed by atoms with Crippen molar-refractivity contribution >= 4 is 16.8 Å². The average Bonchev–Trinajstić information content (AvgIpc) is 3.29. The van der Waals surface area contributed by atoms with Crippen LogP contribution in [-0.2, 0) is 17.2 Å². The van der Waals surface area contributed by atoms with Gasteiger partial charge in [-0.15, -0.1) is 0 Å². The number of benzene rings is 5. The summed E-state index contributed by atoms with van der Waals surface area (Å²) in [5.41, 5.74) is 3.91. The zero-order valence-corrected chi connectivity index (χ0v) is 31.2. The van der Waals surface area contributed by atoms with Gasteiger partial charge in [0.25, 0.3) is 0 Å². The van der Waals surface area contributed by atoms with Gasteiger partial charge in [-0.3, -0.25) is 0 Å². The highest BCUT2D eigenvalue weighted by molar-refractivity contribution is 6.09. The SMILES string of the molecule is CCCCOc1ccc(C2(c3ccc(OC)cc3)C=Cc3c4c(c5cc(OC)c(OC)cc5c3O2)-c2ccc(C(F)(F)F)cc2C42CCCCCC2)cc1. The van der Waals surface area contributed by atoms with Crippen LogP contribution in [0.3, 0.4) is 0 Å². The summed E-state index contributed by atoms with van der Waals surface area (Å²) >= 11 is 0. The molecule has 8 rings (SSSR count). The molecule has 5 aromatic rings. The highest BCUT2D eigenvalue weighted by Gasteiger charge is 2.49. The van der Waals surface area contributed by atoms with Crippen molar-refractivity contribution in [3.05, 3.63) is 118 Å². The fraction of sp³-hybridized carbons (Fsp3) is 0.348. The Morgan fingerprint density at radius 1 is 0.722 bits per heavy atom. The predicted octanol–water partition coefficient (Wildman–Crippen LogP) is 12.0. The van der Waals surface area contributed by atoms with Crippen molar-refractivity contribution in [3.8, 4) is 39.9 Å². The Kier molecular flexibility index (Phi) is 9.27. The molecule has 54 heavy (non-hydrogen) atoms. The molecule has 0 radical (unpaired) electrons. The van der Waals surface area contributed by atoms with Gasteiger partial charge in [0.2, 0.25) is 0 Å². The molecule has 8 heteroatoms. The van der Waals surface area contributed by atoms with E-state index in [-0.39, 0.29) is 0 Å². The van der Waals surface area contributed by atoms with Gasteiger partial charge >= 0.3 is 6.18 Å². The smallest absolute Gasteiger partial charge is 0.416 e. The second-order valence-electron chi connectivity index (χ2n) is 14.6. The van der Waals surface area contributed by atoms with Crippen molar-refractivity contribution in [1.82, 2.24) is 0 Å². The van der Waals surface area contributed by atoms with Crippen molar-refractivity contribution < 1.29 is 36.9 Å². The lowest BCUT2D eigenvalue weighted by molar-refractivity contribution is -0.137. The first-order valence-corrected chi connectivity index (χ1v) is 18.9. The summed E-state index contributed by atoms with van der Waals surface area (Å²) in [7, 11) is 4.84. The maximum atomic E-state index is 14.4. The van der Waals surface area contributed by atoms with Crippen LogP contribution in [0.1, 0.15) is 91.7 Å². The molecule has 0 amide bonds. The Bertz CT molecular complexity index is 2210. The number of hydrogen-bond acceptors (Lipinski definition) is 5. The fourth-order valence-corrected chi connectivity index (χ4v) is 9.01. The number of rotatable bonds is 9. The molecule has 1 saturated carbocycles. The monoisotopic (exact) mass is 734 g/mol. The molecular formula is C46H45F3O5. The molecule has 5 nitrogen and oxygen atoms in total. The van der Waals surface area contributed by atoms with Gasteiger partial charge in [-0.05, 0) is 102 Å². The Morgan fingerprint density at radius 3 is 1.94 bits per heavy atom. The highest BCUT2D eigenvalue weighted by Crippen LogP contribution is 2.63. The lowest BCUT2D eigenvalue weighted by Crippen LogP contribution is -2.35. The largest absolute Gasteiger partial charge is 0.497 e. The minimum absolute atomic E-state index is 0.531. The number of ether oxygens (including phenoxy) is 5. The topological polar surface area (TPSA) is 46.2 Å². The van der Waals surface area contributed by atoms with E-state index in [0.29, 0.717) is 23.9 Å². The lowest BCUT2D eigenvalue weighted by atomic mass is 9.69. The van der Waals surface area contributed by atoms with Crippen molar-refractivity contribution in [3.63, 3.8) is 0 Å². The van der Waals surface area contributed by atoms with E-state index in [2.05, 4.69) is 19.1 Å². The molecule has 0 aromatic heterocycles. The van der Waals surface area contributed by atoms with E-state index in [1.807, 2.05) is 60.7 Å². The van der Waals surface area contributed by atoms with Crippen molar-refractivity contribution in [1.29, 1.82) is 0 Å². The summed E-state index contributed by atoms with van der Waals surface area (Å²) in [5.74, 6) is 3.22. The molecule has 1 unspecified atom stereocenters. The third-order valence-electron chi connectivity index (χ3n) is 11.7. The summed E-state index contributed by atoms with van der Waals surface area (Å²) < 4.78 is 74.0. The average molecular weight is 735 g/mol. The summed E-state index contributed by atoms with van der Waals surface area (Å²) in [6.45, 7) is 2.77. The molecule has 1 fully saturated rings. The maximum absolute atomic E-state index is 14.4. The number of methoxy groups -OCH3 is 3. The minimum Gasteiger partial charge on any atom is -0.497 e. The maximum Gasteiger partial charge on any atom is 0.416 e. The van der Waals surface area contributed by atoms with Crippen LogP contribution in [0.2, 0.25) is 0 Å². The van der Waals surface area contributed by atoms with E-state index < -0.39 is 22.8 Å². The molecule has 1 spiro atoms. The molecule has 2 aliphatic carbocycles. The molecule has 0 saturated heterocycles. The van der Waals surface area contributed by atoms with Crippen LogP contribution in [0, 0.1) is 0 Å². The molecule has 280 valence electrons. The van der Waals surface area contributed by atoms with Gasteiger partial charge in [-0.1, -0.05) is 75.4 Å². The van der Waals surface area contributed by atoms with Gasteiger partial charge in [0.1, 0.15) is 17.2 Å². The Morgan fingerprint density at radius 2 is 1.35 bits per heavy atom. The van der Waals surface area contributed by atoms with Crippen LogP contribution in [0.25, 0.3) is 28.0 Å². The quantitative estimate of drug-likeness (QED) is 0.141. The Balaban J connectivity index is 1.42. The summed E-state index contributed by atoms with van der Waals surface area (Å²) in [6.07, 6.45) is 7.20. The second-order valence-corrected chi connectivity index (χ2v) is 14.6. The number of fused-ring (bicyclic) bond motifs is 10. The van der Waals surface area contributed by atoms with Gasteiger partial charge in [-0.2, -0.15) is 13.2 Å². The zero-order chi connectivity index (χ0) is 37.7. The number of hydrogen-bond donors (Lipinski definition) is 0. The zero-order valence-electron chi connectivity index (χ0n) is 31.2. The van der Waals surface area contributed by atoms with Gasteiger partial charge in [0, 0.05) is 27.5 Å². The normalized spacial score (nSPS) is 18.4. The van der Waals surface area contributed by atoms with Crippen LogP contribution >= 0.6 is 0 Å². The van der Waals surface area contributed by atoms with E-state index in [4.69, 9.17) is 23.7 Å². The predicted molar refractivity (Wildman–Crippen MR) is 206 cm³/mol. The molecule has 1 heterocycles. The van der Waals surface area contributed by atoms with E-state index in [0.717, 1.165) is 113 Å². The Hall–Kier alpha value is -5.11. The third kappa shape index (κ3) is 5.76. The fourth-order valence-electron chi connectivity index (χ4n) is 9.01. The van der Waals surface area contributed by atoms with Crippen LogP contribution in [0.4, 0.5) is 13.2 Å². The summed E-state index contributed by atoms with van der Waals surface area (Å²) in [6, 6.07) is 24.1. The number of unbranched alkanes of at least 4 members (excludes halogenated alkanes) is 1. The van der Waals surface area contributed by atoms with E-state index >= 15 is 0 Å². The van der Waals surface area contributed by atoms with Crippen molar-refractivity contribution in [2.24, 2.45) is 0 Å². The van der Waals surface area contributed by atoms with Gasteiger partial charge in [-0.25, -0.2) is 0 Å². The Labute approximate surface area is 314 Å². The molecule has 0 bridgehead atoms. The summed E-state index contributed by atoms with van der Waals surface area (Å²) in [5, 5.41) is 1.64. The van der Waals surface area contributed by atoms with Crippen LogP contribution in [-0.4, -0.2) is 27.9 Å². The standard InChI is InChI=1S/C46H45F3O5/c1-5-6-25-53-33-18-13-30(14-19-33)45(29-11-16-32(50-2)17-12-29)24-21-35-42-41(36-27-39(51-3)40(52-4)28-37(36)43(35)54-45)34-20-15-31(46(47,48)49)26-38(34)44(42)22-9-7-8-10-23-44/h11-21,24,26-28H,5-10,22-23,25H2,1-4H3. The van der Waals surface area contributed by atoms with Gasteiger partial charge < -0.3 is 23.7 Å². The van der Waals surface area contributed by atoms with Crippen LogP contribution in [0.5, 0.6) is 28.7 Å². The molecule has 1 atom stereocenters. The first kappa shape index (κ1) is 35.9. The summed E-state index contributed by atoms with van der Waals surface area (Å²) in [4.78, 5) is 0. The first-order valence-electron chi connectivity index (χ1n) is 18.9. The molecule has 3 aliphatic rings. The highest BCUT2D eigenvalue weighted by atomic mass is 19.4. The molecule has 0 N–H and O–H groups in total. The first-order chi connectivity index (χ1) is 26.2. The second kappa shape index (κ2) is 13.9. The molecule has 5 aromatic carbocycles. The van der Waals surface area contributed by atoms with Crippen LogP contribution < -0.4 is 23.7 Å². The number of alkyl halides is 3. The van der Waals surface area contributed by atoms with Gasteiger partial charge in [0.15, 0.2) is 17.1 Å². The lowest BCUT2D eigenvalue weighted by Gasteiger charge is -2.39. The molecule has 1 aliphatic heterocycles. The van der Waals surface area contributed by atoms with E-state index in [1.54, 1.807) is 27.4 Å². The van der Waals surface area contributed by atoms with Crippen molar-refractivity contribution in [2.75, 3.05) is 27.9 Å². The van der Waals surface area contributed by atoms with Gasteiger partial charge in [0.05, 0.1) is 33.5 Å². The van der Waals surface area contributed by atoms with E-state index in [9.17, 15) is 13.2 Å². The minimum atomic E-state index is -4.47.